The Labute approximate surface area is 164 Å². The molecule has 1 aromatic heterocycles. The van der Waals surface area contributed by atoms with Crippen LogP contribution in [-0.4, -0.2) is 41.1 Å². The number of nitrogens with zero attached hydrogens (tertiary/aromatic N) is 4. The van der Waals surface area contributed by atoms with Crippen molar-refractivity contribution < 1.29 is 19.0 Å². The summed E-state index contributed by atoms with van der Waals surface area (Å²) >= 11 is 0. The fraction of sp³-hybridized carbons (Fsp3) is 0.389. The van der Waals surface area contributed by atoms with E-state index in [4.69, 9.17) is 19.7 Å². The predicted molar refractivity (Wildman–Crippen MR) is 100 cm³/mol. The Morgan fingerprint density at radius 3 is 2.86 bits per heavy atom. The number of carbonyl (C=O) groups excluding carboxylic acids is 1. The molecule has 1 aliphatic rings. The van der Waals surface area contributed by atoms with Gasteiger partial charge in [0.2, 0.25) is 0 Å². The van der Waals surface area contributed by atoms with Gasteiger partial charge in [-0.05, 0) is 24.6 Å². The highest BCUT2D eigenvalue weighted by atomic mass is 16.6. The number of aromatic nitrogens is 2. The number of hydrogen-bond acceptors (Lipinski definition) is 7. The molecule has 11 nitrogen and oxygen atoms in total. The summed E-state index contributed by atoms with van der Waals surface area (Å²) in [6, 6.07) is 8.47. The molecule has 2 heterocycles. The number of aryl methyl sites for hydroxylation is 1. The van der Waals surface area contributed by atoms with Crippen LogP contribution < -0.4 is 11.2 Å². The number of hydrogen-bond donors (Lipinski definition) is 1. The molecule has 1 aromatic carbocycles. The molecule has 152 valence electrons. The number of benzene rings is 1. The van der Waals surface area contributed by atoms with Crippen LogP contribution in [0.15, 0.2) is 51.2 Å². The molecule has 0 amide bonds. The Morgan fingerprint density at radius 2 is 2.14 bits per heavy atom. The number of ether oxygens (including phenoxy) is 3. The molecule has 1 aliphatic heterocycles. The summed E-state index contributed by atoms with van der Waals surface area (Å²) in [6.07, 6.45) is -0.391. The average Bonchev–Trinajstić information content (AvgIpc) is 3.12. The number of rotatable bonds is 7. The summed E-state index contributed by atoms with van der Waals surface area (Å²) in [7, 11) is 0. The van der Waals surface area contributed by atoms with E-state index in [1.807, 2.05) is 0 Å². The Hall–Kier alpha value is -3.40. The zero-order valence-electron chi connectivity index (χ0n) is 15.6. The number of azide groups is 1. The summed E-state index contributed by atoms with van der Waals surface area (Å²) in [4.78, 5) is 40.7. The molecule has 1 fully saturated rings. The van der Waals surface area contributed by atoms with Gasteiger partial charge in [-0.3, -0.25) is 14.3 Å². The second-order valence-corrected chi connectivity index (χ2v) is 6.37. The molecular weight excluding hydrogens is 382 g/mol. The smallest absolute Gasteiger partial charge is 0.338 e. The molecule has 3 rings (SSSR count). The Balaban J connectivity index is 1.74. The zero-order valence-corrected chi connectivity index (χ0v) is 15.6. The van der Waals surface area contributed by atoms with Crippen molar-refractivity contribution in [1.29, 1.82) is 0 Å². The summed E-state index contributed by atoms with van der Waals surface area (Å²) in [5.74, 6) is -0.525. The van der Waals surface area contributed by atoms with E-state index >= 15 is 0 Å². The van der Waals surface area contributed by atoms with Crippen LogP contribution in [0.1, 0.15) is 28.6 Å². The molecule has 0 radical (unpaired) electrons. The van der Waals surface area contributed by atoms with Gasteiger partial charge in [-0.15, -0.1) is 0 Å². The van der Waals surface area contributed by atoms with E-state index in [-0.39, 0.29) is 19.8 Å². The van der Waals surface area contributed by atoms with Crippen LogP contribution in [0, 0.1) is 6.92 Å². The number of esters is 1. The van der Waals surface area contributed by atoms with Gasteiger partial charge in [0.05, 0.1) is 11.7 Å². The quantitative estimate of drug-likeness (QED) is 0.323. The van der Waals surface area contributed by atoms with E-state index in [0.29, 0.717) is 11.1 Å². The van der Waals surface area contributed by atoms with Crippen molar-refractivity contribution in [3.8, 4) is 0 Å². The molecular formula is C18H19N5O6. The number of H-pyrrole nitrogens is 1. The third-order valence-electron chi connectivity index (χ3n) is 4.43. The van der Waals surface area contributed by atoms with E-state index in [2.05, 4.69) is 15.0 Å². The zero-order chi connectivity index (χ0) is 20.8. The lowest BCUT2D eigenvalue weighted by molar-refractivity contribution is -0.0667. The third-order valence-corrected chi connectivity index (χ3v) is 4.43. The van der Waals surface area contributed by atoms with Gasteiger partial charge in [-0.2, -0.15) is 0 Å². The highest BCUT2D eigenvalue weighted by molar-refractivity contribution is 5.89. The summed E-state index contributed by atoms with van der Waals surface area (Å²) < 4.78 is 17.9. The average molecular weight is 401 g/mol. The van der Waals surface area contributed by atoms with E-state index in [1.165, 1.54) is 10.8 Å². The molecule has 0 saturated carbocycles. The predicted octanol–water partition coefficient (Wildman–Crippen LogP) is 1.64. The van der Waals surface area contributed by atoms with E-state index < -0.39 is 35.7 Å². The Bertz CT molecular complexity index is 1030. The normalized spacial score (nSPS) is 20.8. The van der Waals surface area contributed by atoms with Gasteiger partial charge >= 0.3 is 11.7 Å². The van der Waals surface area contributed by atoms with Crippen molar-refractivity contribution in [2.75, 3.05) is 13.3 Å². The van der Waals surface area contributed by atoms with Crippen molar-refractivity contribution in [2.24, 2.45) is 5.11 Å². The number of nitrogens with one attached hydrogen (secondary N) is 1. The maximum atomic E-state index is 12.2. The SMILES string of the molecule is Cc1cn([C@H]2C[C@H](OCN=[N+]=[N-])[C@@H](COC(=O)c3ccccc3)O2)c(=O)[nH]c1=O. The molecule has 0 spiro atoms. The molecule has 29 heavy (non-hydrogen) atoms. The maximum Gasteiger partial charge on any atom is 0.338 e. The van der Waals surface area contributed by atoms with E-state index in [0.717, 1.165) is 0 Å². The van der Waals surface area contributed by atoms with Crippen molar-refractivity contribution in [3.05, 3.63) is 78.9 Å². The standard InChI is InChI=1S/C18H19N5O6/c1-11-8-23(18(26)21-16(11)24)15-7-13(28-10-20-22-19)14(29-15)9-27-17(25)12-5-3-2-4-6-12/h2-6,8,13-15H,7,9-10H2,1H3,(H,21,24,26)/t13-,14+,15+/m0/s1. The van der Waals surface area contributed by atoms with Gasteiger partial charge in [0.15, 0.2) is 0 Å². The molecule has 11 heteroatoms. The number of carbonyl (C=O) groups is 1. The van der Waals surface area contributed by atoms with Crippen LogP contribution in [0.3, 0.4) is 0 Å². The first-order valence-electron chi connectivity index (χ1n) is 8.81. The van der Waals surface area contributed by atoms with Gasteiger partial charge in [0, 0.05) is 23.1 Å². The lowest BCUT2D eigenvalue weighted by atomic mass is 10.2. The van der Waals surface area contributed by atoms with Crippen molar-refractivity contribution in [3.63, 3.8) is 0 Å². The molecule has 1 saturated heterocycles. The molecule has 1 N–H and O–H groups in total. The van der Waals surface area contributed by atoms with Gasteiger partial charge in [-0.1, -0.05) is 23.3 Å². The summed E-state index contributed by atoms with van der Waals surface area (Å²) in [5.41, 5.74) is 8.06. The Kier molecular flexibility index (Phi) is 6.45. The lowest BCUT2D eigenvalue weighted by Gasteiger charge is -2.18. The van der Waals surface area contributed by atoms with Crippen molar-refractivity contribution in [2.45, 2.75) is 31.8 Å². The minimum atomic E-state index is -0.741. The summed E-state index contributed by atoms with van der Waals surface area (Å²) in [6.45, 7) is 1.21. The Morgan fingerprint density at radius 1 is 1.38 bits per heavy atom. The van der Waals surface area contributed by atoms with Crippen LogP contribution in [0.25, 0.3) is 10.4 Å². The first-order chi connectivity index (χ1) is 14.0. The monoisotopic (exact) mass is 401 g/mol. The maximum absolute atomic E-state index is 12.2. The molecule has 0 unspecified atom stereocenters. The van der Waals surface area contributed by atoms with Crippen LogP contribution in [0.2, 0.25) is 0 Å². The van der Waals surface area contributed by atoms with Crippen LogP contribution >= 0.6 is 0 Å². The lowest BCUT2D eigenvalue weighted by Crippen LogP contribution is -2.33. The first-order valence-corrected chi connectivity index (χ1v) is 8.81. The highest BCUT2D eigenvalue weighted by Crippen LogP contribution is 2.30. The largest absolute Gasteiger partial charge is 0.459 e. The molecule has 0 aliphatic carbocycles. The van der Waals surface area contributed by atoms with Crippen LogP contribution in [0.4, 0.5) is 0 Å². The second-order valence-electron chi connectivity index (χ2n) is 6.37. The van der Waals surface area contributed by atoms with E-state index in [9.17, 15) is 14.4 Å². The first kappa shape index (κ1) is 20.3. The molecule has 0 bridgehead atoms. The van der Waals surface area contributed by atoms with E-state index in [1.54, 1.807) is 37.3 Å². The van der Waals surface area contributed by atoms with Crippen LogP contribution in [0.5, 0.6) is 0 Å². The van der Waals surface area contributed by atoms with Gasteiger partial charge in [0.1, 0.15) is 25.7 Å². The highest BCUT2D eigenvalue weighted by Gasteiger charge is 2.38. The number of aromatic amines is 1. The minimum Gasteiger partial charge on any atom is -0.459 e. The minimum absolute atomic E-state index is 0.123. The van der Waals surface area contributed by atoms with Gasteiger partial charge in [-0.25, -0.2) is 9.59 Å². The fourth-order valence-corrected chi connectivity index (χ4v) is 2.97. The molecule has 3 atom stereocenters. The summed E-state index contributed by atoms with van der Waals surface area (Å²) in [5, 5.41) is 3.33. The van der Waals surface area contributed by atoms with Crippen molar-refractivity contribution >= 4 is 5.97 Å². The molecule has 2 aromatic rings. The van der Waals surface area contributed by atoms with Crippen molar-refractivity contribution in [1.82, 2.24) is 9.55 Å². The third kappa shape index (κ3) is 4.91. The van der Waals surface area contributed by atoms with Gasteiger partial charge in [0.25, 0.3) is 5.56 Å². The topological polar surface area (TPSA) is 148 Å². The van der Waals surface area contributed by atoms with Crippen LogP contribution in [-0.2, 0) is 14.2 Å². The van der Waals surface area contributed by atoms with Gasteiger partial charge < -0.3 is 14.2 Å². The fourth-order valence-electron chi connectivity index (χ4n) is 2.97. The second kappa shape index (κ2) is 9.20.